The highest BCUT2D eigenvalue weighted by atomic mass is 33.1. The van der Waals surface area contributed by atoms with Gasteiger partial charge in [0.15, 0.2) is 0 Å². The molecule has 0 aromatic rings. The molecule has 0 aliphatic rings. The molecule has 0 aromatic heterocycles. The van der Waals surface area contributed by atoms with Crippen molar-refractivity contribution in [2.45, 2.75) is 93.2 Å². The third-order valence-corrected chi connectivity index (χ3v) is 6.75. The van der Waals surface area contributed by atoms with E-state index in [0.717, 1.165) is 17.9 Å². The number of hydrogen-bond acceptors (Lipinski definition) is 5. The van der Waals surface area contributed by atoms with E-state index in [9.17, 15) is 9.59 Å². The number of amides is 2. The Morgan fingerprint density at radius 1 is 0.793 bits per heavy atom. The van der Waals surface area contributed by atoms with Crippen LogP contribution in [0.4, 0.5) is 0 Å². The van der Waals surface area contributed by atoms with E-state index < -0.39 is 5.41 Å². The van der Waals surface area contributed by atoms with E-state index in [2.05, 4.69) is 24.5 Å². The molecule has 2 N–H and O–H groups in total. The van der Waals surface area contributed by atoms with Crippen LogP contribution in [0.1, 0.15) is 82.1 Å². The van der Waals surface area contributed by atoms with Gasteiger partial charge in [-0.05, 0) is 47.5 Å². The van der Waals surface area contributed by atoms with Gasteiger partial charge in [0.05, 0.1) is 5.60 Å². The molecule has 172 valence electrons. The molecular weight excluding hydrogens is 404 g/mol. The van der Waals surface area contributed by atoms with Crippen LogP contribution in [0.5, 0.6) is 0 Å². The average Bonchev–Trinajstić information content (AvgIpc) is 2.50. The smallest absolute Gasteiger partial charge is 0.226 e. The molecule has 0 rings (SSSR count). The zero-order chi connectivity index (χ0) is 22.9. The minimum absolute atomic E-state index is 0.0666. The van der Waals surface area contributed by atoms with Crippen LogP contribution in [0.3, 0.4) is 0 Å². The van der Waals surface area contributed by atoms with Crippen molar-refractivity contribution in [2.24, 2.45) is 10.8 Å². The molecule has 0 heterocycles. The van der Waals surface area contributed by atoms with Gasteiger partial charge in [0.1, 0.15) is 0 Å². The molecule has 0 fully saturated rings. The van der Waals surface area contributed by atoms with Crippen LogP contribution >= 0.6 is 21.6 Å². The Balaban J connectivity index is 4.02. The molecule has 0 bridgehead atoms. The molecule has 0 saturated carbocycles. The first-order valence-corrected chi connectivity index (χ1v) is 12.9. The summed E-state index contributed by atoms with van der Waals surface area (Å²) in [6.07, 6.45) is 1.63. The van der Waals surface area contributed by atoms with E-state index >= 15 is 0 Å². The summed E-state index contributed by atoms with van der Waals surface area (Å²) < 4.78 is 6.08. The van der Waals surface area contributed by atoms with Gasteiger partial charge >= 0.3 is 0 Å². The second-order valence-corrected chi connectivity index (χ2v) is 13.5. The Morgan fingerprint density at radius 3 is 1.86 bits per heavy atom. The molecular formula is C22H44N2O3S2. The monoisotopic (exact) mass is 448 g/mol. The van der Waals surface area contributed by atoms with Gasteiger partial charge in [-0.1, -0.05) is 56.2 Å². The van der Waals surface area contributed by atoms with Gasteiger partial charge in [0.25, 0.3) is 0 Å². The SMILES string of the molecule is CC(C)(C)NC(=O)C(C)(C)CCOC(C)(C)CCSSCCNC(=O)C(C)(C)C. The maximum Gasteiger partial charge on any atom is 0.226 e. The highest BCUT2D eigenvalue weighted by molar-refractivity contribution is 8.76. The lowest BCUT2D eigenvalue weighted by molar-refractivity contribution is -0.133. The minimum atomic E-state index is -0.453. The van der Waals surface area contributed by atoms with Crippen LogP contribution in [-0.2, 0) is 14.3 Å². The summed E-state index contributed by atoms with van der Waals surface area (Å²) in [5, 5.41) is 6.02. The lowest BCUT2D eigenvalue weighted by atomic mass is 9.87. The summed E-state index contributed by atoms with van der Waals surface area (Å²) in [7, 11) is 3.59. The minimum Gasteiger partial charge on any atom is -0.376 e. The molecule has 0 unspecified atom stereocenters. The van der Waals surface area contributed by atoms with Crippen molar-refractivity contribution in [3.63, 3.8) is 0 Å². The molecule has 0 aliphatic heterocycles. The third kappa shape index (κ3) is 14.3. The van der Waals surface area contributed by atoms with E-state index in [4.69, 9.17) is 4.74 Å². The van der Waals surface area contributed by atoms with Gasteiger partial charge < -0.3 is 15.4 Å². The number of carbonyl (C=O) groups is 2. The molecule has 0 atom stereocenters. The lowest BCUT2D eigenvalue weighted by Crippen LogP contribution is -2.47. The van der Waals surface area contributed by atoms with Crippen LogP contribution < -0.4 is 10.6 Å². The summed E-state index contributed by atoms with van der Waals surface area (Å²) in [5.41, 5.74) is -1.23. The summed E-state index contributed by atoms with van der Waals surface area (Å²) in [4.78, 5) is 24.2. The largest absolute Gasteiger partial charge is 0.376 e. The summed E-state index contributed by atoms with van der Waals surface area (Å²) in [6, 6.07) is 0. The maximum atomic E-state index is 12.4. The molecule has 5 nitrogen and oxygen atoms in total. The van der Waals surface area contributed by atoms with Crippen LogP contribution in [0.25, 0.3) is 0 Å². The number of ether oxygens (including phenoxy) is 1. The van der Waals surface area contributed by atoms with E-state index in [1.54, 1.807) is 10.8 Å². The highest BCUT2D eigenvalue weighted by Crippen LogP contribution is 2.28. The molecule has 7 heteroatoms. The lowest BCUT2D eigenvalue weighted by Gasteiger charge is -2.31. The van der Waals surface area contributed by atoms with Gasteiger partial charge in [0.2, 0.25) is 11.8 Å². The van der Waals surface area contributed by atoms with Gasteiger partial charge in [0, 0.05) is 41.0 Å². The first kappa shape index (κ1) is 28.6. The molecule has 29 heavy (non-hydrogen) atoms. The number of nitrogens with one attached hydrogen (secondary N) is 2. The van der Waals surface area contributed by atoms with Crippen LogP contribution in [0.2, 0.25) is 0 Å². The Bertz CT molecular complexity index is 521. The van der Waals surface area contributed by atoms with Gasteiger partial charge in [-0.15, -0.1) is 0 Å². The first-order valence-electron chi connectivity index (χ1n) is 10.5. The molecule has 0 saturated heterocycles. The second kappa shape index (κ2) is 11.8. The van der Waals surface area contributed by atoms with Crippen LogP contribution in [0, 0.1) is 10.8 Å². The predicted molar refractivity (Wildman–Crippen MR) is 128 cm³/mol. The van der Waals surface area contributed by atoms with E-state index in [1.165, 1.54) is 0 Å². The van der Waals surface area contributed by atoms with E-state index in [0.29, 0.717) is 19.6 Å². The normalized spacial score (nSPS) is 13.3. The molecule has 0 aliphatic carbocycles. The topological polar surface area (TPSA) is 67.4 Å². The van der Waals surface area contributed by atoms with Crippen molar-refractivity contribution in [1.29, 1.82) is 0 Å². The number of hydrogen-bond donors (Lipinski definition) is 2. The highest BCUT2D eigenvalue weighted by Gasteiger charge is 2.31. The summed E-state index contributed by atoms with van der Waals surface area (Å²) >= 11 is 0. The van der Waals surface area contributed by atoms with Crippen molar-refractivity contribution < 1.29 is 14.3 Å². The zero-order valence-corrected chi connectivity index (χ0v) is 21.9. The van der Waals surface area contributed by atoms with Gasteiger partial charge in [-0.25, -0.2) is 0 Å². The van der Waals surface area contributed by atoms with Crippen molar-refractivity contribution in [3.8, 4) is 0 Å². The number of carbonyl (C=O) groups excluding carboxylic acids is 2. The third-order valence-electron chi connectivity index (χ3n) is 4.35. The van der Waals surface area contributed by atoms with Crippen LogP contribution in [-0.4, -0.2) is 47.6 Å². The van der Waals surface area contributed by atoms with Crippen molar-refractivity contribution in [2.75, 3.05) is 24.7 Å². The number of rotatable bonds is 12. The predicted octanol–water partition coefficient (Wildman–Crippen LogP) is 5.05. The Kier molecular flexibility index (Phi) is 11.7. The van der Waals surface area contributed by atoms with E-state index in [1.807, 2.05) is 66.2 Å². The van der Waals surface area contributed by atoms with Gasteiger partial charge in [-0.3, -0.25) is 9.59 Å². The summed E-state index contributed by atoms with van der Waals surface area (Å²) in [5.74, 6) is 2.04. The summed E-state index contributed by atoms with van der Waals surface area (Å²) in [6.45, 7) is 21.1. The standard InChI is InChI=1S/C22H44N2O3S2/c1-19(2,3)17(25)23-13-16-29-28-15-12-22(9,10)27-14-11-21(7,8)18(26)24-20(4,5)6/h11-16H2,1-10H3,(H,23,25)(H,24,26). The molecule has 0 aromatic carbocycles. The maximum absolute atomic E-state index is 12.4. The van der Waals surface area contributed by atoms with Crippen molar-refractivity contribution >= 4 is 33.4 Å². The molecule has 0 spiro atoms. The van der Waals surface area contributed by atoms with E-state index in [-0.39, 0.29) is 28.4 Å². The zero-order valence-electron chi connectivity index (χ0n) is 20.3. The fourth-order valence-corrected chi connectivity index (χ4v) is 4.36. The fraction of sp³-hybridized carbons (Fsp3) is 0.909. The van der Waals surface area contributed by atoms with Crippen LogP contribution in [0.15, 0.2) is 0 Å². The Hall–Kier alpha value is -0.400. The van der Waals surface area contributed by atoms with Crippen molar-refractivity contribution in [3.05, 3.63) is 0 Å². The first-order chi connectivity index (χ1) is 13.0. The van der Waals surface area contributed by atoms with Gasteiger partial charge in [-0.2, -0.15) is 0 Å². The van der Waals surface area contributed by atoms with Crippen molar-refractivity contribution in [1.82, 2.24) is 10.6 Å². The fourth-order valence-electron chi connectivity index (χ4n) is 2.15. The average molecular weight is 449 g/mol. The quantitative estimate of drug-likeness (QED) is 0.323. The Morgan fingerprint density at radius 2 is 1.34 bits per heavy atom. The molecule has 0 radical (unpaired) electrons. The second-order valence-electron chi connectivity index (χ2n) is 10.8. The Labute approximate surface area is 187 Å². The molecule has 2 amide bonds.